The molecule has 2 aliphatic rings. The number of hydrogen-bond donors (Lipinski definition) is 2. The molecule has 2 N–H and O–H groups in total. The molecule has 1 aliphatic carbocycles. The number of carbonyl (C=O) groups excluding carboxylic acids is 1. The van der Waals surface area contributed by atoms with Crippen molar-refractivity contribution in [1.82, 2.24) is 19.8 Å². The monoisotopic (exact) mass is 435 g/mol. The maximum Gasteiger partial charge on any atom is 0.319 e. The molecule has 0 bridgehead atoms. The van der Waals surface area contributed by atoms with Gasteiger partial charge in [-0.15, -0.1) is 0 Å². The summed E-state index contributed by atoms with van der Waals surface area (Å²) in [5.41, 5.74) is 0.0551. The molecule has 162 valence electrons. The number of aromatic nitrogens is 2. The molecule has 1 saturated carbocycles. The van der Waals surface area contributed by atoms with E-state index < -0.39 is 15.4 Å². The summed E-state index contributed by atoms with van der Waals surface area (Å²) in [5, 5.41) is 9.71. The number of benzene rings is 1. The number of fused-ring (bicyclic) bond motifs is 1. The van der Waals surface area contributed by atoms with Crippen LogP contribution in [0.3, 0.4) is 0 Å². The van der Waals surface area contributed by atoms with Crippen molar-refractivity contribution in [2.45, 2.75) is 31.2 Å². The van der Waals surface area contributed by atoms with Crippen molar-refractivity contribution >= 4 is 21.7 Å². The van der Waals surface area contributed by atoms with Crippen LogP contribution in [0.5, 0.6) is 5.75 Å². The fraction of sp³-hybridized carbons (Fsp3) is 0.526. The summed E-state index contributed by atoms with van der Waals surface area (Å²) in [6, 6.07) is 6.59. The number of nitrogens with one attached hydrogen (secondary N) is 2. The van der Waals surface area contributed by atoms with Crippen molar-refractivity contribution in [3.05, 3.63) is 36.0 Å². The third-order valence-corrected chi connectivity index (χ3v) is 7.17. The minimum absolute atomic E-state index is 0.0154. The molecule has 1 aromatic carbocycles. The van der Waals surface area contributed by atoms with Gasteiger partial charge in [-0.2, -0.15) is 4.98 Å². The summed E-state index contributed by atoms with van der Waals surface area (Å²) in [6.45, 7) is 2.38. The smallest absolute Gasteiger partial charge is 0.319 e. The Balaban J connectivity index is 1.48. The number of methoxy groups -OCH3 is 1. The standard InChI is InChI=1S/C19H25N5O5S/c1-12-20-17(29-23-12)19-9-15(8-13(19)10-24(11-19)30(3,26)27)22-18(25)21-14-4-6-16(28-2)7-5-14/h4-7,13,15H,8-11H2,1-3H3,(H2,21,22,25)/t13?,15-,19+/m1/s1. The minimum Gasteiger partial charge on any atom is -0.497 e. The first kappa shape index (κ1) is 20.6. The Hall–Kier alpha value is -2.66. The molecule has 2 aromatic rings. The molecule has 11 heteroatoms. The molecule has 0 radical (unpaired) electrons. The molecule has 10 nitrogen and oxygen atoms in total. The summed E-state index contributed by atoms with van der Waals surface area (Å²) < 4.78 is 36.3. The van der Waals surface area contributed by atoms with E-state index in [1.807, 2.05) is 0 Å². The fourth-order valence-corrected chi connectivity index (χ4v) is 5.46. The van der Waals surface area contributed by atoms with Crippen LogP contribution in [0, 0.1) is 12.8 Å². The number of amides is 2. The van der Waals surface area contributed by atoms with Gasteiger partial charge in [0, 0.05) is 24.8 Å². The van der Waals surface area contributed by atoms with Crippen LogP contribution in [-0.2, 0) is 15.4 Å². The molecule has 2 fully saturated rings. The van der Waals surface area contributed by atoms with Gasteiger partial charge >= 0.3 is 6.03 Å². The number of aryl methyl sites for hydroxylation is 1. The second-order valence-corrected chi connectivity index (χ2v) is 10.0. The molecule has 2 heterocycles. The summed E-state index contributed by atoms with van der Waals surface area (Å²) in [6.07, 6.45) is 2.36. The van der Waals surface area contributed by atoms with Crippen molar-refractivity contribution in [3.63, 3.8) is 0 Å². The Morgan fingerprint density at radius 1 is 1.33 bits per heavy atom. The molecule has 30 heavy (non-hydrogen) atoms. The highest BCUT2D eigenvalue weighted by Gasteiger charge is 2.59. The summed E-state index contributed by atoms with van der Waals surface area (Å²) in [4.78, 5) is 16.9. The first-order valence-electron chi connectivity index (χ1n) is 9.67. The Morgan fingerprint density at radius 2 is 2.07 bits per heavy atom. The number of urea groups is 1. The van der Waals surface area contributed by atoms with Crippen LogP contribution in [0.2, 0.25) is 0 Å². The number of ether oxygens (including phenoxy) is 1. The van der Waals surface area contributed by atoms with Gasteiger partial charge in [0.2, 0.25) is 15.9 Å². The van der Waals surface area contributed by atoms with E-state index in [9.17, 15) is 13.2 Å². The number of anilines is 1. The normalized spacial score (nSPS) is 26.4. The van der Waals surface area contributed by atoms with E-state index in [1.54, 1.807) is 38.3 Å². The molecule has 1 aliphatic heterocycles. The quantitative estimate of drug-likeness (QED) is 0.729. The van der Waals surface area contributed by atoms with Crippen LogP contribution < -0.4 is 15.4 Å². The predicted octanol–water partition coefficient (Wildman–Crippen LogP) is 1.50. The average Bonchev–Trinajstić information content (AvgIpc) is 3.34. The molecule has 1 unspecified atom stereocenters. The molecule has 1 aromatic heterocycles. The van der Waals surface area contributed by atoms with Gasteiger partial charge in [0.25, 0.3) is 0 Å². The summed E-state index contributed by atoms with van der Waals surface area (Å²) in [7, 11) is -1.76. The number of carbonyl (C=O) groups is 1. The predicted molar refractivity (Wildman–Crippen MR) is 109 cm³/mol. The highest BCUT2D eigenvalue weighted by molar-refractivity contribution is 7.88. The zero-order valence-corrected chi connectivity index (χ0v) is 17.9. The van der Waals surface area contributed by atoms with Gasteiger partial charge in [-0.05, 0) is 49.9 Å². The number of sulfonamides is 1. The van der Waals surface area contributed by atoms with E-state index in [4.69, 9.17) is 9.26 Å². The summed E-state index contributed by atoms with van der Waals surface area (Å²) in [5.74, 6) is 1.63. The SMILES string of the molecule is COc1ccc(NC(=O)N[C@@H]2CC3CN(S(C)(=O)=O)C[C@@]3(c3nc(C)no3)C2)cc1. The number of nitrogens with zero attached hydrogens (tertiary/aromatic N) is 3. The van der Waals surface area contributed by atoms with Gasteiger partial charge in [0.05, 0.1) is 18.8 Å². The van der Waals surface area contributed by atoms with Gasteiger partial charge in [-0.25, -0.2) is 17.5 Å². The van der Waals surface area contributed by atoms with E-state index in [0.29, 0.717) is 42.5 Å². The Labute approximate surface area is 175 Å². The topological polar surface area (TPSA) is 127 Å². The molecule has 1 saturated heterocycles. The maximum absolute atomic E-state index is 12.5. The zero-order valence-electron chi connectivity index (χ0n) is 17.1. The molecular formula is C19H25N5O5S. The van der Waals surface area contributed by atoms with Crippen molar-refractivity contribution in [1.29, 1.82) is 0 Å². The van der Waals surface area contributed by atoms with Crippen LogP contribution in [-0.4, -0.2) is 61.4 Å². The van der Waals surface area contributed by atoms with Crippen molar-refractivity contribution in [3.8, 4) is 5.75 Å². The molecule has 2 amide bonds. The largest absolute Gasteiger partial charge is 0.497 e. The zero-order chi connectivity index (χ0) is 21.5. The van der Waals surface area contributed by atoms with Crippen LogP contribution in [0.15, 0.2) is 28.8 Å². The Kier molecular flexibility index (Phi) is 5.18. The van der Waals surface area contributed by atoms with Crippen molar-refractivity contribution in [2.24, 2.45) is 5.92 Å². The van der Waals surface area contributed by atoms with Crippen LogP contribution >= 0.6 is 0 Å². The number of hydrogen-bond acceptors (Lipinski definition) is 7. The van der Waals surface area contributed by atoms with Crippen LogP contribution in [0.4, 0.5) is 10.5 Å². The van der Waals surface area contributed by atoms with Gasteiger partial charge in [0.1, 0.15) is 5.75 Å². The van der Waals surface area contributed by atoms with Gasteiger partial charge in [0.15, 0.2) is 5.82 Å². The highest BCUT2D eigenvalue weighted by atomic mass is 32.2. The van der Waals surface area contributed by atoms with Crippen LogP contribution in [0.1, 0.15) is 24.6 Å². The lowest BCUT2D eigenvalue weighted by Crippen LogP contribution is -2.40. The molecule has 4 rings (SSSR count). The van der Waals surface area contributed by atoms with Gasteiger partial charge in [-0.3, -0.25) is 0 Å². The van der Waals surface area contributed by atoms with E-state index in [-0.39, 0.29) is 24.5 Å². The van der Waals surface area contributed by atoms with Crippen LogP contribution in [0.25, 0.3) is 0 Å². The van der Waals surface area contributed by atoms with Gasteiger partial charge in [-0.1, -0.05) is 5.16 Å². The molecular weight excluding hydrogens is 410 g/mol. The van der Waals surface area contributed by atoms with Crippen molar-refractivity contribution < 1.29 is 22.5 Å². The fourth-order valence-electron chi connectivity index (χ4n) is 4.55. The molecule has 3 atom stereocenters. The lowest BCUT2D eigenvalue weighted by Gasteiger charge is -2.24. The minimum atomic E-state index is -3.34. The lowest BCUT2D eigenvalue weighted by molar-refractivity contribution is 0.244. The Morgan fingerprint density at radius 3 is 2.67 bits per heavy atom. The van der Waals surface area contributed by atoms with E-state index in [0.717, 1.165) is 0 Å². The second kappa shape index (κ2) is 7.55. The first-order valence-corrected chi connectivity index (χ1v) is 11.5. The van der Waals surface area contributed by atoms with E-state index in [1.165, 1.54) is 10.6 Å². The highest BCUT2D eigenvalue weighted by Crippen LogP contribution is 2.50. The Bertz CT molecular complexity index is 1040. The summed E-state index contributed by atoms with van der Waals surface area (Å²) >= 11 is 0. The van der Waals surface area contributed by atoms with Gasteiger partial charge < -0.3 is 19.9 Å². The van der Waals surface area contributed by atoms with E-state index >= 15 is 0 Å². The third kappa shape index (κ3) is 3.86. The van der Waals surface area contributed by atoms with Crippen molar-refractivity contribution in [2.75, 3.05) is 31.8 Å². The maximum atomic E-state index is 12.5. The molecule has 0 spiro atoms. The number of rotatable bonds is 5. The first-order chi connectivity index (χ1) is 14.2. The van der Waals surface area contributed by atoms with E-state index in [2.05, 4.69) is 20.8 Å². The average molecular weight is 436 g/mol. The second-order valence-electron chi connectivity index (χ2n) is 8.02. The lowest BCUT2D eigenvalue weighted by atomic mass is 9.80. The third-order valence-electron chi connectivity index (χ3n) is 5.95.